The number of rotatable bonds is 12. The third kappa shape index (κ3) is 7.97. The molecule has 1 rings (SSSR count). The van der Waals surface area contributed by atoms with E-state index in [1.165, 1.54) is 0 Å². The van der Waals surface area contributed by atoms with Gasteiger partial charge in [0.25, 0.3) is 0 Å². The predicted molar refractivity (Wildman–Crippen MR) is 100 cm³/mol. The van der Waals surface area contributed by atoms with Gasteiger partial charge in [-0.05, 0) is 25.7 Å². The molecule has 0 aromatic rings. The van der Waals surface area contributed by atoms with Gasteiger partial charge < -0.3 is 10.2 Å². The van der Waals surface area contributed by atoms with Gasteiger partial charge in [-0.25, -0.2) is 0 Å². The van der Waals surface area contributed by atoms with E-state index >= 15 is 0 Å². The number of allylic oxidation sites excluding steroid dienone is 3. The number of ketones is 1. The van der Waals surface area contributed by atoms with Gasteiger partial charge in [0.05, 0.1) is 18.1 Å². The number of aliphatic hydroxyl groups excluding tert-OH is 1. The molecular weight excluding hydrogens is 330 g/mol. The molecule has 0 radical (unpaired) electrons. The first-order valence-corrected chi connectivity index (χ1v) is 9.65. The molecule has 4 atom stereocenters. The van der Waals surface area contributed by atoms with E-state index in [4.69, 9.17) is 5.11 Å². The van der Waals surface area contributed by atoms with Crippen LogP contribution in [-0.2, 0) is 9.59 Å². The highest BCUT2D eigenvalue weighted by atomic mass is 16.4. The second-order valence-electron chi connectivity index (χ2n) is 7.03. The Bertz CT molecular complexity index is 547. The summed E-state index contributed by atoms with van der Waals surface area (Å²) in [4.78, 5) is 22.7. The summed E-state index contributed by atoms with van der Waals surface area (Å²) in [5.74, 6) is -1.41. The fraction of sp³-hybridized carbons (Fsp3) is 0.667. The zero-order valence-corrected chi connectivity index (χ0v) is 15.6. The molecule has 0 aliphatic heterocycles. The molecule has 2 N–H and O–H groups in total. The number of unbranched alkanes of at least 4 members (excludes halogenated alkanes) is 3. The number of nitriles is 1. The molecule has 0 saturated heterocycles. The van der Waals surface area contributed by atoms with E-state index in [1.54, 1.807) is 6.08 Å². The Morgan fingerprint density at radius 3 is 2.77 bits per heavy atom. The number of carboxylic acids is 1. The zero-order chi connectivity index (χ0) is 19.4. The maximum Gasteiger partial charge on any atom is 0.303 e. The lowest BCUT2D eigenvalue weighted by Crippen LogP contribution is -2.15. The highest BCUT2D eigenvalue weighted by Gasteiger charge is 2.40. The van der Waals surface area contributed by atoms with Gasteiger partial charge >= 0.3 is 5.97 Å². The first-order valence-electron chi connectivity index (χ1n) is 9.65. The fourth-order valence-corrected chi connectivity index (χ4v) is 3.38. The topological polar surface area (TPSA) is 98.4 Å². The van der Waals surface area contributed by atoms with Gasteiger partial charge in [0.15, 0.2) is 0 Å². The molecule has 0 spiro atoms. The summed E-state index contributed by atoms with van der Waals surface area (Å²) < 4.78 is 0. The molecule has 0 aromatic heterocycles. The molecule has 26 heavy (non-hydrogen) atoms. The van der Waals surface area contributed by atoms with Crippen LogP contribution in [0.4, 0.5) is 0 Å². The van der Waals surface area contributed by atoms with Gasteiger partial charge in [0, 0.05) is 24.7 Å². The summed E-state index contributed by atoms with van der Waals surface area (Å²) in [6.07, 6.45) is 13.0. The Labute approximate surface area is 156 Å². The summed E-state index contributed by atoms with van der Waals surface area (Å²) in [7, 11) is 0. The molecule has 1 aliphatic rings. The number of carbonyl (C=O) groups excluding carboxylic acids is 1. The first kappa shape index (κ1) is 22.1. The number of aliphatic carboxylic acids is 1. The van der Waals surface area contributed by atoms with Crippen molar-refractivity contribution in [3.63, 3.8) is 0 Å². The lowest BCUT2D eigenvalue weighted by molar-refractivity contribution is -0.137. The molecule has 0 bridgehead atoms. The maximum absolute atomic E-state index is 12.3. The van der Waals surface area contributed by atoms with Gasteiger partial charge in [-0.1, -0.05) is 50.5 Å². The van der Waals surface area contributed by atoms with Crippen LogP contribution < -0.4 is 0 Å². The lowest BCUT2D eigenvalue weighted by atomic mass is 9.86. The molecule has 0 amide bonds. The normalized spacial score (nSPS) is 24.3. The maximum atomic E-state index is 12.3. The van der Waals surface area contributed by atoms with E-state index in [1.807, 2.05) is 18.2 Å². The fourth-order valence-electron chi connectivity index (χ4n) is 3.38. The van der Waals surface area contributed by atoms with E-state index in [0.717, 1.165) is 19.3 Å². The molecule has 0 aromatic carbocycles. The van der Waals surface area contributed by atoms with Crippen LogP contribution in [0.3, 0.4) is 0 Å². The monoisotopic (exact) mass is 361 g/mol. The van der Waals surface area contributed by atoms with Crippen molar-refractivity contribution < 1.29 is 19.8 Å². The number of carboxylic acid groups (broad SMARTS) is 1. The molecule has 5 heteroatoms. The molecule has 144 valence electrons. The number of Topliss-reactive ketones (excluding diaryl/α,β-unsaturated/α-hetero) is 1. The number of nitrogens with zero attached hydrogens (tertiary/aromatic N) is 1. The number of aliphatic hydroxyl groups is 1. The van der Waals surface area contributed by atoms with Gasteiger partial charge in [0.1, 0.15) is 5.78 Å². The summed E-state index contributed by atoms with van der Waals surface area (Å²) >= 11 is 0. The Kier molecular flexibility index (Phi) is 10.6. The van der Waals surface area contributed by atoms with Crippen LogP contribution in [-0.4, -0.2) is 28.1 Å². The van der Waals surface area contributed by atoms with Crippen molar-refractivity contribution in [2.75, 3.05) is 0 Å². The van der Waals surface area contributed by atoms with E-state index in [2.05, 4.69) is 13.0 Å². The SMILES string of the molecule is CCCCC[C@@H](O)C=CC1C(C#N)CC(=O)C1CC=CCCCC(=O)O. The van der Waals surface area contributed by atoms with Crippen molar-refractivity contribution >= 4 is 11.8 Å². The minimum Gasteiger partial charge on any atom is -0.481 e. The van der Waals surface area contributed by atoms with E-state index in [0.29, 0.717) is 25.7 Å². The second-order valence-corrected chi connectivity index (χ2v) is 7.03. The highest BCUT2D eigenvalue weighted by molar-refractivity contribution is 5.85. The van der Waals surface area contributed by atoms with Crippen LogP contribution in [0, 0.1) is 29.1 Å². The molecule has 1 aliphatic carbocycles. The molecule has 0 heterocycles. The van der Waals surface area contributed by atoms with Crippen molar-refractivity contribution in [2.24, 2.45) is 17.8 Å². The lowest BCUT2D eigenvalue weighted by Gasteiger charge is -2.16. The van der Waals surface area contributed by atoms with Crippen LogP contribution in [0.25, 0.3) is 0 Å². The largest absolute Gasteiger partial charge is 0.481 e. The average molecular weight is 361 g/mol. The Morgan fingerprint density at radius 2 is 2.12 bits per heavy atom. The van der Waals surface area contributed by atoms with Crippen molar-refractivity contribution in [2.45, 2.75) is 70.8 Å². The third-order valence-electron chi connectivity index (χ3n) is 4.91. The molecule has 3 unspecified atom stereocenters. The quantitative estimate of drug-likeness (QED) is 0.404. The summed E-state index contributed by atoms with van der Waals surface area (Å²) in [5, 5.41) is 28.0. The Morgan fingerprint density at radius 1 is 1.35 bits per heavy atom. The molecule has 1 fully saturated rings. The molecule has 1 saturated carbocycles. The van der Waals surface area contributed by atoms with Crippen LogP contribution >= 0.6 is 0 Å². The minimum atomic E-state index is -0.802. The highest BCUT2D eigenvalue weighted by Crippen LogP contribution is 2.37. The third-order valence-corrected chi connectivity index (χ3v) is 4.91. The number of carbonyl (C=O) groups is 2. The zero-order valence-electron chi connectivity index (χ0n) is 15.6. The Balaban J connectivity index is 2.58. The van der Waals surface area contributed by atoms with Gasteiger partial charge in [-0.3, -0.25) is 9.59 Å². The van der Waals surface area contributed by atoms with Crippen molar-refractivity contribution in [1.29, 1.82) is 5.26 Å². The number of hydrogen-bond donors (Lipinski definition) is 2. The van der Waals surface area contributed by atoms with Gasteiger partial charge in [-0.15, -0.1) is 0 Å². The molecular formula is C21H31NO4. The molecule has 5 nitrogen and oxygen atoms in total. The summed E-state index contributed by atoms with van der Waals surface area (Å²) in [5.41, 5.74) is 0. The van der Waals surface area contributed by atoms with Gasteiger partial charge in [-0.2, -0.15) is 5.26 Å². The minimum absolute atomic E-state index is 0.0989. The summed E-state index contributed by atoms with van der Waals surface area (Å²) in [6, 6.07) is 2.23. The van der Waals surface area contributed by atoms with E-state index in [-0.39, 0.29) is 36.4 Å². The van der Waals surface area contributed by atoms with E-state index < -0.39 is 12.1 Å². The number of hydrogen-bond acceptors (Lipinski definition) is 4. The van der Waals surface area contributed by atoms with Crippen LogP contribution in [0.5, 0.6) is 0 Å². The van der Waals surface area contributed by atoms with Gasteiger partial charge in [0.2, 0.25) is 0 Å². The first-order chi connectivity index (χ1) is 12.5. The standard InChI is InChI=1S/C21H31NO4/c1-2-3-6-9-17(23)12-13-18-16(15-22)14-20(24)19(18)10-7-4-5-8-11-21(25)26/h4,7,12-13,16-19,23H,2-3,5-6,8-11,14H2,1H3,(H,25,26)/t16?,17-,18?,19?/m1/s1. The predicted octanol–water partition coefficient (Wildman–Crippen LogP) is 4.03. The summed E-state index contributed by atoms with van der Waals surface area (Å²) in [6.45, 7) is 2.11. The smallest absolute Gasteiger partial charge is 0.303 e. The van der Waals surface area contributed by atoms with E-state index in [9.17, 15) is 20.0 Å². The second kappa shape index (κ2) is 12.4. The van der Waals surface area contributed by atoms with Crippen molar-refractivity contribution in [1.82, 2.24) is 0 Å². The average Bonchev–Trinajstić information content (AvgIpc) is 2.91. The van der Waals surface area contributed by atoms with Crippen molar-refractivity contribution in [3.05, 3.63) is 24.3 Å². The van der Waals surface area contributed by atoms with Crippen LogP contribution in [0.1, 0.15) is 64.7 Å². The van der Waals surface area contributed by atoms with Crippen LogP contribution in [0.15, 0.2) is 24.3 Å². The van der Waals surface area contributed by atoms with Crippen molar-refractivity contribution in [3.8, 4) is 6.07 Å². The van der Waals surface area contributed by atoms with Crippen LogP contribution in [0.2, 0.25) is 0 Å². The Hall–Kier alpha value is -1.93.